The fourth-order valence-electron chi connectivity index (χ4n) is 3.11. The predicted octanol–water partition coefficient (Wildman–Crippen LogP) is 3.54. The minimum atomic E-state index is -1.04. The van der Waals surface area contributed by atoms with E-state index < -0.39 is 17.9 Å². The summed E-state index contributed by atoms with van der Waals surface area (Å²) in [7, 11) is 2.45. The normalized spacial score (nSPS) is 13.1. The summed E-state index contributed by atoms with van der Waals surface area (Å²) in [5.74, 6) is -2.45. The van der Waals surface area contributed by atoms with Crippen LogP contribution in [0.2, 0.25) is 0 Å². The summed E-state index contributed by atoms with van der Waals surface area (Å²) in [5.41, 5.74) is 1.88. The lowest BCUT2D eigenvalue weighted by Gasteiger charge is -2.23. The second-order valence-electron chi connectivity index (χ2n) is 6.22. The van der Waals surface area contributed by atoms with E-state index in [4.69, 9.17) is 9.47 Å². The van der Waals surface area contributed by atoms with Gasteiger partial charge in [0.2, 0.25) is 0 Å². The number of allylic oxidation sites excluding steroid dienone is 2. The number of benzene rings is 2. The molecule has 1 aliphatic rings. The molecule has 0 spiro atoms. The zero-order valence-corrected chi connectivity index (χ0v) is 16.4. The van der Waals surface area contributed by atoms with Gasteiger partial charge in [-0.2, -0.15) is 0 Å². The van der Waals surface area contributed by atoms with E-state index in [9.17, 15) is 19.5 Å². The van der Waals surface area contributed by atoms with Crippen molar-refractivity contribution >= 4 is 23.6 Å². The zero-order valence-electron chi connectivity index (χ0n) is 16.4. The molecule has 1 heterocycles. The van der Waals surface area contributed by atoms with Gasteiger partial charge in [-0.05, 0) is 41.5 Å². The van der Waals surface area contributed by atoms with Gasteiger partial charge >= 0.3 is 17.9 Å². The Morgan fingerprint density at radius 1 is 0.900 bits per heavy atom. The molecule has 7 nitrogen and oxygen atoms in total. The van der Waals surface area contributed by atoms with E-state index in [0.717, 1.165) is 0 Å². The van der Waals surface area contributed by atoms with E-state index in [1.807, 2.05) is 0 Å². The molecular weight excluding hydrogens is 386 g/mol. The lowest BCUT2D eigenvalue weighted by molar-refractivity contribution is -0.139. The quantitative estimate of drug-likeness (QED) is 0.761. The van der Waals surface area contributed by atoms with Gasteiger partial charge in [-0.1, -0.05) is 36.4 Å². The van der Waals surface area contributed by atoms with Crippen molar-refractivity contribution in [1.82, 2.24) is 0 Å². The van der Waals surface area contributed by atoms with Gasteiger partial charge in [0.1, 0.15) is 5.70 Å². The molecule has 0 fully saturated rings. The van der Waals surface area contributed by atoms with Crippen molar-refractivity contribution in [2.45, 2.75) is 0 Å². The van der Waals surface area contributed by atoms with Gasteiger partial charge in [0.15, 0.2) is 0 Å². The SMILES string of the molecule is COC(=O)C1=C(C(=O)OC)N(c2cccc(-c3ccccc3C(=O)O)c2)C=CC=C1. The van der Waals surface area contributed by atoms with Gasteiger partial charge in [0, 0.05) is 11.9 Å². The van der Waals surface area contributed by atoms with E-state index in [1.165, 1.54) is 31.3 Å². The van der Waals surface area contributed by atoms with Gasteiger partial charge in [0.25, 0.3) is 0 Å². The number of methoxy groups -OCH3 is 2. The smallest absolute Gasteiger partial charge is 0.355 e. The first-order valence-corrected chi connectivity index (χ1v) is 8.95. The van der Waals surface area contributed by atoms with Crippen LogP contribution in [0.1, 0.15) is 10.4 Å². The molecule has 1 aliphatic heterocycles. The highest BCUT2D eigenvalue weighted by molar-refractivity contribution is 6.05. The maximum absolute atomic E-state index is 12.6. The Bertz CT molecular complexity index is 1100. The second kappa shape index (κ2) is 8.91. The second-order valence-corrected chi connectivity index (χ2v) is 6.22. The molecule has 3 rings (SSSR count). The van der Waals surface area contributed by atoms with Crippen molar-refractivity contribution in [3.05, 3.63) is 89.8 Å². The Balaban J connectivity index is 2.17. The summed E-state index contributed by atoms with van der Waals surface area (Å²) in [5, 5.41) is 9.50. The third-order valence-corrected chi connectivity index (χ3v) is 4.48. The number of carbonyl (C=O) groups is 3. The minimum Gasteiger partial charge on any atom is -0.478 e. The maximum Gasteiger partial charge on any atom is 0.355 e. The maximum atomic E-state index is 12.6. The summed E-state index contributed by atoms with van der Waals surface area (Å²) in [6.45, 7) is 0. The Morgan fingerprint density at radius 3 is 2.33 bits per heavy atom. The summed E-state index contributed by atoms with van der Waals surface area (Å²) >= 11 is 0. The van der Waals surface area contributed by atoms with E-state index >= 15 is 0 Å². The van der Waals surface area contributed by atoms with E-state index in [0.29, 0.717) is 16.8 Å². The third-order valence-electron chi connectivity index (χ3n) is 4.48. The monoisotopic (exact) mass is 405 g/mol. The number of aromatic carboxylic acids is 1. The van der Waals surface area contributed by atoms with Gasteiger partial charge in [0.05, 0.1) is 25.4 Å². The molecule has 0 radical (unpaired) electrons. The van der Waals surface area contributed by atoms with Crippen LogP contribution in [-0.4, -0.2) is 37.2 Å². The van der Waals surface area contributed by atoms with Crippen molar-refractivity contribution in [1.29, 1.82) is 0 Å². The molecule has 152 valence electrons. The number of carboxylic acids is 1. The van der Waals surface area contributed by atoms with Gasteiger partial charge in [-0.25, -0.2) is 14.4 Å². The number of carbonyl (C=O) groups excluding carboxylic acids is 2. The van der Waals surface area contributed by atoms with Gasteiger partial charge in [-0.15, -0.1) is 0 Å². The molecule has 0 bridgehead atoms. The zero-order chi connectivity index (χ0) is 21.7. The lowest BCUT2D eigenvalue weighted by Crippen LogP contribution is -2.26. The molecule has 0 atom stereocenters. The summed E-state index contributed by atoms with van der Waals surface area (Å²) < 4.78 is 9.71. The van der Waals surface area contributed by atoms with E-state index in [-0.39, 0.29) is 16.8 Å². The molecule has 2 aromatic rings. The third kappa shape index (κ3) is 4.00. The van der Waals surface area contributed by atoms with Gasteiger partial charge < -0.3 is 19.5 Å². The number of carboxylic acid groups (broad SMARTS) is 1. The standard InChI is InChI=1S/C23H19NO6/c1-29-22(27)19-12-5-6-13-24(20(19)23(28)30-2)16-9-7-8-15(14-16)17-10-3-4-11-18(17)21(25)26/h3-14H,1-2H3,(H,25,26). The van der Waals surface area contributed by atoms with Crippen LogP contribution < -0.4 is 4.90 Å². The Kier molecular flexibility index (Phi) is 6.12. The molecule has 0 saturated heterocycles. The van der Waals surface area contributed by atoms with Crippen LogP contribution in [0.15, 0.2) is 84.2 Å². The number of ether oxygens (including phenoxy) is 2. The first-order valence-electron chi connectivity index (χ1n) is 8.95. The molecule has 0 amide bonds. The largest absolute Gasteiger partial charge is 0.478 e. The number of anilines is 1. The number of hydrogen-bond donors (Lipinski definition) is 1. The summed E-state index contributed by atoms with van der Waals surface area (Å²) in [4.78, 5) is 37.9. The minimum absolute atomic E-state index is 0.0157. The molecule has 1 N–H and O–H groups in total. The van der Waals surface area contributed by atoms with Crippen molar-refractivity contribution in [3.63, 3.8) is 0 Å². The molecular formula is C23H19NO6. The highest BCUT2D eigenvalue weighted by atomic mass is 16.5. The average molecular weight is 405 g/mol. The number of hydrogen-bond acceptors (Lipinski definition) is 6. The molecule has 0 aromatic heterocycles. The summed E-state index contributed by atoms with van der Waals surface area (Å²) in [6.07, 6.45) is 6.36. The Hall–Kier alpha value is -4.13. The van der Waals surface area contributed by atoms with Crippen LogP contribution in [0, 0.1) is 0 Å². The summed E-state index contributed by atoms with van der Waals surface area (Å²) in [6, 6.07) is 13.6. The van der Waals surface area contributed by atoms with Gasteiger partial charge in [-0.3, -0.25) is 0 Å². The molecule has 0 aliphatic carbocycles. The highest BCUT2D eigenvalue weighted by Gasteiger charge is 2.27. The average Bonchev–Trinajstić information content (AvgIpc) is 3.01. The molecule has 0 unspecified atom stereocenters. The van der Waals surface area contributed by atoms with Crippen LogP contribution in [0.25, 0.3) is 11.1 Å². The van der Waals surface area contributed by atoms with Crippen molar-refractivity contribution in [2.24, 2.45) is 0 Å². The van der Waals surface area contributed by atoms with Crippen LogP contribution in [0.5, 0.6) is 0 Å². The lowest BCUT2D eigenvalue weighted by atomic mass is 9.99. The predicted molar refractivity (Wildman–Crippen MR) is 111 cm³/mol. The van der Waals surface area contributed by atoms with E-state index in [1.54, 1.807) is 60.8 Å². The molecule has 0 saturated carbocycles. The topological polar surface area (TPSA) is 93.1 Å². The van der Waals surface area contributed by atoms with E-state index in [2.05, 4.69) is 0 Å². The molecule has 30 heavy (non-hydrogen) atoms. The van der Waals surface area contributed by atoms with Crippen LogP contribution in [-0.2, 0) is 19.1 Å². The first kappa shape index (κ1) is 20.6. The van der Waals surface area contributed by atoms with Crippen LogP contribution >= 0.6 is 0 Å². The van der Waals surface area contributed by atoms with Crippen molar-refractivity contribution < 1.29 is 29.0 Å². The molecule has 2 aromatic carbocycles. The number of nitrogens with zero attached hydrogens (tertiary/aromatic N) is 1. The molecule has 7 heteroatoms. The number of esters is 2. The number of rotatable bonds is 5. The van der Waals surface area contributed by atoms with Crippen molar-refractivity contribution in [3.8, 4) is 11.1 Å². The highest BCUT2D eigenvalue weighted by Crippen LogP contribution is 2.31. The Labute approximate surface area is 173 Å². The Morgan fingerprint density at radius 2 is 1.63 bits per heavy atom. The first-order chi connectivity index (χ1) is 14.5. The van der Waals surface area contributed by atoms with Crippen molar-refractivity contribution in [2.75, 3.05) is 19.1 Å². The fraction of sp³-hybridized carbons (Fsp3) is 0.0870. The fourth-order valence-corrected chi connectivity index (χ4v) is 3.11. The van der Waals surface area contributed by atoms with Crippen LogP contribution in [0.3, 0.4) is 0 Å². The van der Waals surface area contributed by atoms with Crippen LogP contribution in [0.4, 0.5) is 5.69 Å².